The molecule has 2 aliphatic heterocycles. The van der Waals surface area contributed by atoms with Gasteiger partial charge < -0.3 is 14.6 Å². The van der Waals surface area contributed by atoms with Crippen LogP contribution in [0.2, 0.25) is 0 Å². The van der Waals surface area contributed by atoms with Crippen LogP contribution in [-0.2, 0) is 19.1 Å². The molecular weight excluding hydrogens is 212 g/mol. The van der Waals surface area contributed by atoms with Crippen molar-refractivity contribution < 1.29 is 24.2 Å². The lowest BCUT2D eigenvalue weighted by molar-refractivity contribution is -0.185. The molecular formula is C11H16O5. The van der Waals surface area contributed by atoms with Crippen molar-refractivity contribution in [2.24, 2.45) is 5.41 Å². The van der Waals surface area contributed by atoms with Gasteiger partial charge in [-0.1, -0.05) is 0 Å². The Morgan fingerprint density at radius 2 is 1.88 bits per heavy atom. The zero-order valence-electron chi connectivity index (χ0n) is 9.70. The van der Waals surface area contributed by atoms with Crippen molar-refractivity contribution in [1.29, 1.82) is 0 Å². The predicted molar refractivity (Wildman–Crippen MR) is 53.8 cm³/mol. The summed E-state index contributed by atoms with van der Waals surface area (Å²) in [5, 5.41) is 9.01. The topological polar surface area (TPSA) is 72.8 Å². The first-order valence-corrected chi connectivity index (χ1v) is 5.30. The van der Waals surface area contributed by atoms with E-state index in [1.165, 1.54) is 0 Å². The predicted octanol–water partition coefficient (Wildman–Crippen LogP) is 0.962. The molecule has 1 saturated carbocycles. The smallest absolute Gasteiger partial charge is 0.339 e. The summed E-state index contributed by atoms with van der Waals surface area (Å²) in [5.74, 6) is -1.32. The quantitative estimate of drug-likeness (QED) is 0.713. The standard InChI is InChI=1S/C11H16O5/c1-9(2,3)16-8(14)11-4-10(5-11,6-15-11)7(12)13/h4-6H2,1-3H3,(H,12,13). The monoisotopic (exact) mass is 228 g/mol. The average molecular weight is 228 g/mol. The van der Waals surface area contributed by atoms with Gasteiger partial charge >= 0.3 is 11.9 Å². The van der Waals surface area contributed by atoms with Crippen molar-refractivity contribution in [1.82, 2.24) is 0 Å². The van der Waals surface area contributed by atoms with E-state index >= 15 is 0 Å². The molecule has 3 aliphatic rings. The normalized spacial score (nSPS) is 36.7. The molecule has 0 aromatic heterocycles. The van der Waals surface area contributed by atoms with Crippen molar-refractivity contribution in [3.8, 4) is 0 Å². The minimum atomic E-state index is -0.994. The molecule has 1 N–H and O–H groups in total. The molecule has 5 heteroatoms. The molecule has 0 spiro atoms. The van der Waals surface area contributed by atoms with E-state index in [0.29, 0.717) is 0 Å². The third kappa shape index (κ3) is 1.50. The third-order valence-electron chi connectivity index (χ3n) is 3.10. The molecule has 2 bridgehead atoms. The second-order valence-electron chi connectivity index (χ2n) is 5.72. The maximum Gasteiger partial charge on any atom is 0.339 e. The molecule has 16 heavy (non-hydrogen) atoms. The van der Waals surface area contributed by atoms with E-state index in [9.17, 15) is 9.59 Å². The SMILES string of the molecule is CC(C)(C)OC(=O)C12CC(C(=O)O)(CO1)C2. The van der Waals surface area contributed by atoms with Crippen molar-refractivity contribution in [3.05, 3.63) is 0 Å². The highest BCUT2D eigenvalue weighted by molar-refractivity contribution is 5.89. The van der Waals surface area contributed by atoms with E-state index in [0.717, 1.165) is 0 Å². The Kier molecular flexibility index (Phi) is 2.11. The highest BCUT2D eigenvalue weighted by atomic mass is 16.6. The Hall–Kier alpha value is -1.10. The maximum absolute atomic E-state index is 11.8. The van der Waals surface area contributed by atoms with Crippen molar-refractivity contribution in [3.63, 3.8) is 0 Å². The van der Waals surface area contributed by atoms with Crippen LogP contribution in [0.5, 0.6) is 0 Å². The zero-order chi connectivity index (χ0) is 12.2. The number of rotatable bonds is 2. The first-order valence-electron chi connectivity index (χ1n) is 5.30. The maximum atomic E-state index is 11.8. The van der Waals surface area contributed by atoms with Gasteiger partial charge in [0.1, 0.15) is 5.60 Å². The molecule has 5 nitrogen and oxygen atoms in total. The van der Waals surface area contributed by atoms with Crippen LogP contribution in [-0.4, -0.2) is 34.9 Å². The number of hydrogen-bond acceptors (Lipinski definition) is 4. The molecule has 3 rings (SSSR count). The van der Waals surface area contributed by atoms with Gasteiger partial charge in [0.2, 0.25) is 0 Å². The summed E-state index contributed by atoms with van der Waals surface area (Å²) in [5.41, 5.74) is -2.41. The summed E-state index contributed by atoms with van der Waals surface area (Å²) in [6.45, 7) is 5.44. The largest absolute Gasteiger partial charge is 0.481 e. The summed E-state index contributed by atoms with van der Waals surface area (Å²) in [4.78, 5) is 22.8. The van der Waals surface area contributed by atoms with Crippen molar-refractivity contribution in [2.75, 3.05) is 6.61 Å². The molecule has 2 heterocycles. The Labute approximate surface area is 93.7 Å². The van der Waals surface area contributed by atoms with Crippen LogP contribution in [0.15, 0.2) is 0 Å². The lowest BCUT2D eigenvalue weighted by Gasteiger charge is -2.40. The Balaban J connectivity index is 2.05. The first-order chi connectivity index (χ1) is 7.19. The summed E-state index contributed by atoms with van der Waals surface area (Å²) in [6, 6.07) is 0. The number of hydrogen-bond donors (Lipinski definition) is 1. The van der Waals surface area contributed by atoms with Gasteiger partial charge in [0.25, 0.3) is 0 Å². The van der Waals surface area contributed by atoms with Crippen LogP contribution in [0.4, 0.5) is 0 Å². The fraction of sp³-hybridized carbons (Fsp3) is 0.818. The molecule has 0 aromatic rings. The van der Waals surface area contributed by atoms with Gasteiger partial charge in [-0.25, -0.2) is 4.79 Å². The molecule has 90 valence electrons. The zero-order valence-corrected chi connectivity index (χ0v) is 9.70. The van der Waals surface area contributed by atoms with Gasteiger partial charge in [-0.2, -0.15) is 0 Å². The van der Waals surface area contributed by atoms with Crippen LogP contribution in [0.3, 0.4) is 0 Å². The van der Waals surface area contributed by atoms with Crippen LogP contribution in [0.25, 0.3) is 0 Å². The molecule has 1 aliphatic carbocycles. The fourth-order valence-corrected chi connectivity index (χ4v) is 2.31. The van der Waals surface area contributed by atoms with E-state index in [1.807, 2.05) is 0 Å². The van der Waals surface area contributed by atoms with Gasteiger partial charge in [0, 0.05) is 12.8 Å². The molecule has 0 aromatic carbocycles. The number of carboxylic acids is 1. The van der Waals surface area contributed by atoms with E-state index in [2.05, 4.69) is 0 Å². The number of ether oxygens (including phenoxy) is 2. The molecule has 2 saturated heterocycles. The Morgan fingerprint density at radius 3 is 2.25 bits per heavy atom. The van der Waals surface area contributed by atoms with Gasteiger partial charge in [-0.15, -0.1) is 0 Å². The number of esters is 1. The second-order valence-corrected chi connectivity index (χ2v) is 5.72. The van der Waals surface area contributed by atoms with Gasteiger partial charge in [-0.3, -0.25) is 4.79 Å². The first kappa shape index (κ1) is 11.4. The van der Waals surface area contributed by atoms with E-state index in [4.69, 9.17) is 14.6 Å². The van der Waals surface area contributed by atoms with Gasteiger partial charge in [-0.05, 0) is 20.8 Å². The molecule has 0 radical (unpaired) electrons. The lowest BCUT2D eigenvalue weighted by atomic mass is 9.62. The van der Waals surface area contributed by atoms with Crippen molar-refractivity contribution in [2.45, 2.75) is 44.8 Å². The number of carbonyl (C=O) groups is 2. The van der Waals surface area contributed by atoms with E-state index < -0.39 is 28.6 Å². The Bertz CT molecular complexity index is 346. The molecule has 3 fully saturated rings. The van der Waals surface area contributed by atoms with Crippen LogP contribution >= 0.6 is 0 Å². The summed E-state index contributed by atoms with van der Waals surface area (Å²) in [7, 11) is 0. The van der Waals surface area contributed by atoms with Crippen LogP contribution in [0, 0.1) is 5.41 Å². The molecule has 0 unspecified atom stereocenters. The number of carbonyl (C=O) groups excluding carboxylic acids is 1. The van der Waals surface area contributed by atoms with E-state index in [1.54, 1.807) is 20.8 Å². The van der Waals surface area contributed by atoms with Crippen LogP contribution < -0.4 is 0 Å². The fourth-order valence-electron chi connectivity index (χ4n) is 2.31. The highest BCUT2D eigenvalue weighted by Gasteiger charge is 2.71. The van der Waals surface area contributed by atoms with Crippen molar-refractivity contribution >= 4 is 11.9 Å². The number of fused-ring (bicyclic) bond motifs is 1. The number of carboxylic acid groups (broad SMARTS) is 1. The lowest BCUT2D eigenvalue weighted by Crippen LogP contribution is -2.55. The van der Waals surface area contributed by atoms with Gasteiger partial charge in [0.15, 0.2) is 5.60 Å². The molecule has 0 amide bonds. The minimum absolute atomic E-state index is 0.113. The third-order valence-corrected chi connectivity index (χ3v) is 3.10. The van der Waals surface area contributed by atoms with Gasteiger partial charge in [0.05, 0.1) is 12.0 Å². The highest BCUT2D eigenvalue weighted by Crippen LogP contribution is 2.58. The van der Waals surface area contributed by atoms with Crippen LogP contribution in [0.1, 0.15) is 33.6 Å². The summed E-state index contributed by atoms with van der Waals surface area (Å²) in [6.07, 6.45) is 0.481. The summed E-state index contributed by atoms with van der Waals surface area (Å²) < 4.78 is 10.6. The Morgan fingerprint density at radius 1 is 1.31 bits per heavy atom. The second kappa shape index (κ2) is 2.97. The van der Waals surface area contributed by atoms with E-state index in [-0.39, 0.29) is 19.4 Å². The average Bonchev–Trinajstić information content (AvgIpc) is 2.53. The summed E-state index contributed by atoms with van der Waals surface area (Å²) >= 11 is 0. The minimum Gasteiger partial charge on any atom is -0.481 e. The number of aliphatic carboxylic acids is 1. The molecule has 0 atom stereocenters.